The van der Waals surface area contributed by atoms with E-state index in [2.05, 4.69) is 33.2 Å². The Kier molecular flexibility index (Phi) is 4.18. The van der Waals surface area contributed by atoms with Crippen LogP contribution in [0.15, 0.2) is 30.3 Å². The second-order valence-corrected chi connectivity index (χ2v) is 9.16. The predicted molar refractivity (Wildman–Crippen MR) is 99.2 cm³/mol. The minimum Gasteiger partial charge on any atom is -0.455 e. The molecule has 2 bridgehead atoms. The Morgan fingerprint density at radius 2 is 1.76 bits per heavy atom. The highest BCUT2D eigenvalue weighted by Gasteiger charge is 2.57. The standard InChI is InChI=1S/C22H32NO2/c1-22(17-11-7-8-12-17,16-9-5-4-6-10-16)21(24)25-20-15-18-13-14-19(20)23(18,2)3/h4-6,9-10,17-20H,7-8,11-15H2,1-3H3/q+1/t18?,19?,20-,22-/m1/s1. The summed E-state index contributed by atoms with van der Waals surface area (Å²) in [5.41, 5.74) is 0.625. The molecule has 25 heavy (non-hydrogen) atoms. The lowest BCUT2D eigenvalue weighted by Gasteiger charge is -2.36. The average Bonchev–Trinajstić information content (AvgIpc) is 3.30. The van der Waals surface area contributed by atoms with Gasteiger partial charge in [-0.05, 0) is 31.2 Å². The molecule has 1 aromatic carbocycles. The molecule has 0 aromatic heterocycles. The molecule has 2 saturated heterocycles. The lowest BCUT2D eigenvalue weighted by atomic mass is 9.71. The highest BCUT2D eigenvalue weighted by molar-refractivity contribution is 5.83. The van der Waals surface area contributed by atoms with E-state index in [0.717, 1.165) is 29.3 Å². The maximum absolute atomic E-state index is 13.5. The van der Waals surface area contributed by atoms with Gasteiger partial charge in [0.25, 0.3) is 0 Å². The average molecular weight is 343 g/mol. The van der Waals surface area contributed by atoms with Crippen LogP contribution in [0.5, 0.6) is 0 Å². The fourth-order valence-corrected chi connectivity index (χ4v) is 5.92. The van der Waals surface area contributed by atoms with Gasteiger partial charge in [0.1, 0.15) is 6.04 Å². The van der Waals surface area contributed by atoms with E-state index in [0.29, 0.717) is 18.0 Å². The van der Waals surface area contributed by atoms with Crippen LogP contribution in [-0.2, 0) is 14.9 Å². The van der Waals surface area contributed by atoms with Crippen LogP contribution in [0.2, 0.25) is 0 Å². The van der Waals surface area contributed by atoms with Gasteiger partial charge in [0.2, 0.25) is 0 Å². The van der Waals surface area contributed by atoms with Crippen molar-refractivity contribution in [1.82, 2.24) is 0 Å². The summed E-state index contributed by atoms with van der Waals surface area (Å²) in [6, 6.07) is 11.5. The van der Waals surface area contributed by atoms with Crippen molar-refractivity contribution in [1.29, 1.82) is 0 Å². The van der Waals surface area contributed by atoms with Gasteiger partial charge in [-0.2, -0.15) is 0 Å². The Hall–Kier alpha value is -1.35. The number of likely N-dealkylation sites (N-methyl/N-ethyl adjacent to an activating group) is 1. The molecule has 4 rings (SSSR count). The van der Waals surface area contributed by atoms with Crippen molar-refractivity contribution >= 4 is 5.97 Å². The Morgan fingerprint density at radius 3 is 2.32 bits per heavy atom. The lowest BCUT2D eigenvalue weighted by molar-refractivity contribution is -0.913. The zero-order valence-electron chi connectivity index (χ0n) is 15.9. The summed E-state index contributed by atoms with van der Waals surface area (Å²) in [7, 11) is 4.62. The number of hydrogen-bond acceptors (Lipinski definition) is 2. The van der Waals surface area contributed by atoms with Gasteiger partial charge in [0, 0.05) is 19.3 Å². The Labute approximate surface area is 151 Å². The Morgan fingerprint density at radius 1 is 1.08 bits per heavy atom. The molecule has 1 aliphatic carbocycles. The fraction of sp³-hybridized carbons (Fsp3) is 0.682. The number of quaternary nitrogens is 1. The van der Waals surface area contributed by atoms with E-state index in [-0.39, 0.29) is 12.1 Å². The highest BCUT2D eigenvalue weighted by atomic mass is 16.5. The maximum Gasteiger partial charge on any atom is 0.317 e. The van der Waals surface area contributed by atoms with Crippen molar-refractivity contribution in [2.75, 3.05) is 14.1 Å². The molecule has 3 fully saturated rings. The quantitative estimate of drug-likeness (QED) is 0.609. The first kappa shape index (κ1) is 17.1. The van der Waals surface area contributed by atoms with Gasteiger partial charge >= 0.3 is 5.97 Å². The summed E-state index contributed by atoms with van der Waals surface area (Å²) >= 11 is 0. The van der Waals surface area contributed by atoms with Crippen LogP contribution in [0.1, 0.15) is 57.4 Å². The summed E-state index contributed by atoms with van der Waals surface area (Å²) in [4.78, 5) is 13.5. The normalized spacial score (nSPS) is 33.3. The van der Waals surface area contributed by atoms with Crippen molar-refractivity contribution in [2.45, 2.75) is 75.5 Å². The second-order valence-electron chi connectivity index (χ2n) is 9.16. The third-order valence-electron chi connectivity index (χ3n) is 7.75. The number of hydrogen-bond donors (Lipinski definition) is 0. The molecule has 2 unspecified atom stereocenters. The van der Waals surface area contributed by atoms with Gasteiger partial charge in [0.15, 0.2) is 6.10 Å². The first-order valence-electron chi connectivity index (χ1n) is 10.0. The van der Waals surface area contributed by atoms with Gasteiger partial charge in [-0.15, -0.1) is 0 Å². The maximum atomic E-state index is 13.5. The number of esters is 1. The van der Waals surface area contributed by atoms with Crippen LogP contribution in [0.25, 0.3) is 0 Å². The molecule has 2 aliphatic heterocycles. The first-order chi connectivity index (χ1) is 11.9. The fourth-order valence-electron chi connectivity index (χ4n) is 5.92. The van der Waals surface area contributed by atoms with Crippen LogP contribution in [0.3, 0.4) is 0 Å². The lowest BCUT2D eigenvalue weighted by Crippen LogP contribution is -2.48. The number of benzene rings is 1. The third kappa shape index (κ3) is 2.63. The number of ether oxygens (including phenoxy) is 1. The molecule has 0 amide bonds. The zero-order valence-corrected chi connectivity index (χ0v) is 15.9. The molecule has 3 aliphatic rings. The van der Waals surface area contributed by atoms with Gasteiger partial charge < -0.3 is 9.22 Å². The van der Waals surface area contributed by atoms with E-state index >= 15 is 0 Å². The van der Waals surface area contributed by atoms with Gasteiger partial charge in [-0.1, -0.05) is 43.2 Å². The number of carbonyl (C=O) groups excluding carboxylic acids is 1. The summed E-state index contributed by atoms with van der Waals surface area (Å²) in [5.74, 6) is 0.423. The summed E-state index contributed by atoms with van der Waals surface area (Å²) < 4.78 is 7.29. The molecule has 4 atom stereocenters. The summed E-state index contributed by atoms with van der Waals surface area (Å²) in [6.45, 7) is 2.13. The van der Waals surface area contributed by atoms with Crippen molar-refractivity contribution < 1.29 is 14.0 Å². The van der Waals surface area contributed by atoms with E-state index in [1.165, 1.54) is 25.7 Å². The SMILES string of the molecule is C[C@@](C(=O)O[C@@H]1CC2CCC1[N+]2(C)C)(c1ccccc1)C1CCCC1. The molecule has 136 valence electrons. The van der Waals surface area contributed by atoms with Crippen LogP contribution in [0, 0.1) is 5.92 Å². The van der Waals surface area contributed by atoms with Gasteiger partial charge in [-0.25, -0.2) is 0 Å². The van der Waals surface area contributed by atoms with E-state index in [9.17, 15) is 4.79 Å². The minimum absolute atomic E-state index is 0.0168. The number of fused-ring (bicyclic) bond motifs is 2. The molecule has 3 nitrogen and oxygen atoms in total. The molecule has 2 heterocycles. The van der Waals surface area contributed by atoms with E-state index in [1.807, 2.05) is 18.2 Å². The number of carbonyl (C=O) groups is 1. The smallest absolute Gasteiger partial charge is 0.317 e. The molecule has 0 spiro atoms. The molecule has 3 heteroatoms. The van der Waals surface area contributed by atoms with E-state index in [4.69, 9.17) is 4.74 Å². The Bertz CT molecular complexity index is 635. The topological polar surface area (TPSA) is 26.3 Å². The van der Waals surface area contributed by atoms with Crippen LogP contribution in [0.4, 0.5) is 0 Å². The predicted octanol–water partition coefficient (Wildman–Crippen LogP) is 4.06. The molecular formula is C22H32NO2+. The summed E-state index contributed by atoms with van der Waals surface area (Å²) in [6.07, 6.45) is 8.37. The van der Waals surface area contributed by atoms with Crippen molar-refractivity contribution in [3.8, 4) is 0 Å². The van der Waals surface area contributed by atoms with E-state index in [1.54, 1.807) is 0 Å². The van der Waals surface area contributed by atoms with Crippen LogP contribution >= 0.6 is 0 Å². The molecule has 0 radical (unpaired) electrons. The molecule has 1 aromatic rings. The van der Waals surface area contributed by atoms with Crippen molar-refractivity contribution in [3.05, 3.63) is 35.9 Å². The highest BCUT2D eigenvalue weighted by Crippen LogP contribution is 2.46. The zero-order chi connectivity index (χ0) is 17.7. The van der Waals surface area contributed by atoms with E-state index < -0.39 is 5.41 Å². The largest absolute Gasteiger partial charge is 0.455 e. The Balaban J connectivity index is 1.59. The number of nitrogens with zero attached hydrogens (tertiary/aromatic N) is 1. The molecule has 0 N–H and O–H groups in total. The first-order valence-corrected chi connectivity index (χ1v) is 10.0. The second kappa shape index (κ2) is 6.12. The van der Waals surface area contributed by atoms with Crippen molar-refractivity contribution in [3.63, 3.8) is 0 Å². The van der Waals surface area contributed by atoms with Crippen LogP contribution in [-0.4, -0.2) is 42.7 Å². The van der Waals surface area contributed by atoms with Crippen LogP contribution < -0.4 is 0 Å². The third-order valence-corrected chi connectivity index (χ3v) is 7.75. The minimum atomic E-state index is -0.503. The number of rotatable bonds is 4. The molecule has 1 saturated carbocycles. The molecular weight excluding hydrogens is 310 g/mol. The monoisotopic (exact) mass is 342 g/mol. The van der Waals surface area contributed by atoms with Gasteiger partial charge in [-0.3, -0.25) is 4.79 Å². The summed E-state index contributed by atoms with van der Waals surface area (Å²) in [5, 5.41) is 0. The van der Waals surface area contributed by atoms with Crippen molar-refractivity contribution in [2.24, 2.45) is 5.92 Å². The van der Waals surface area contributed by atoms with Gasteiger partial charge in [0.05, 0.1) is 25.6 Å².